The summed E-state index contributed by atoms with van der Waals surface area (Å²) in [5, 5.41) is 6.76. The van der Waals surface area contributed by atoms with Crippen molar-refractivity contribution < 1.29 is 9.47 Å². The molecule has 1 aliphatic heterocycles. The molecule has 0 spiro atoms. The van der Waals surface area contributed by atoms with E-state index in [0.717, 1.165) is 62.3 Å². The summed E-state index contributed by atoms with van der Waals surface area (Å²) in [4.78, 5) is 9.70. The fraction of sp³-hybridized carbons (Fsp3) is 0.650. The number of nitrogens with zero attached hydrogens (tertiary/aromatic N) is 3. The van der Waals surface area contributed by atoms with Crippen LogP contribution in [0.15, 0.2) is 23.2 Å². The van der Waals surface area contributed by atoms with Crippen molar-refractivity contribution in [2.45, 2.75) is 20.4 Å². The number of nitrogens with one attached hydrogen (secondary N) is 2. The van der Waals surface area contributed by atoms with E-state index in [-0.39, 0.29) is 24.0 Å². The SMILES string of the molecule is CCNC(=NCc1ccc(OC)c(OC)c1)NCCN1CCN(CC)CC1.I. The number of aliphatic imine (C=N–C) groups is 1. The Kier molecular flexibility index (Phi) is 12.2. The van der Waals surface area contributed by atoms with Crippen LogP contribution < -0.4 is 20.1 Å². The maximum atomic E-state index is 5.37. The largest absolute Gasteiger partial charge is 0.493 e. The molecule has 7 nitrogen and oxygen atoms in total. The molecule has 0 saturated carbocycles. The maximum Gasteiger partial charge on any atom is 0.191 e. The van der Waals surface area contributed by atoms with Gasteiger partial charge in [-0.3, -0.25) is 4.90 Å². The van der Waals surface area contributed by atoms with Gasteiger partial charge in [0.15, 0.2) is 17.5 Å². The van der Waals surface area contributed by atoms with Crippen LogP contribution in [0, 0.1) is 0 Å². The molecule has 0 amide bonds. The average molecular weight is 505 g/mol. The van der Waals surface area contributed by atoms with Crippen LogP contribution in [0.4, 0.5) is 0 Å². The van der Waals surface area contributed by atoms with E-state index in [2.05, 4.69) is 34.3 Å². The molecular formula is C20H36IN5O2. The Bertz CT molecular complexity index is 592. The zero-order chi connectivity index (χ0) is 19.5. The standard InChI is InChI=1S/C20H35N5O2.HI/c1-5-21-20(22-9-10-25-13-11-24(6-2)12-14-25)23-16-17-7-8-18(26-3)19(15-17)27-4;/h7-8,15H,5-6,9-14,16H2,1-4H3,(H2,21,22,23);1H. The molecule has 0 radical (unpaired) electrons. The van der Waals surface area contributed by atoms with Crippen molar-refractivity contribution in [3.8, 4) is 11.5 Å². The number of piperazine rings is 1. The van der Waals surface area contributed by atoms with Crippen LogP contribution in [0.5, 0.6) is 11.5 Å². The molecule has 28 heavy (non-hydrogen) atoms. The van der Waals surface area contributed by atoms with Gasteiger partial charge in [-0.15, -0.1) is 24.0 Å². The molecule has 1 heterocycles. The Hall–Kier alpha value is -1.26. The van der Waals surface area contributed by atoms with Gasteiger partial charge in [0.25, 0.3) is 0 Å². The lowest BCUT2D eigenvalue weighted by Gasteiger charge is -2.34. The molecule has 1 saturated heterocycles. The predicted octanol–water partition coefficient (Wildman–Crippen LogP) is 2.01. The van der Waals surface area contributed by atoms with E-state index in [4.69, 9.17) is 14.5 Å². The highest BCUT2D eigenvalue weighted by atomic mass is 127. The summed E-state index contributed by atoms with van der Waals surface area (Å²) < 4.78 is 10.7. The van der Waals surface area contributed by atoms with Gasteiger partial charge in [0.05, 0.1) is 20.8 Å². The van der Waals surface area contributed by atoms with E-state index in [1.807, 2.05) is 18.2 Å². The third-order valence-corrected chi connectivity index (χ3v) is 4.84. The molecule has 1 aliphatic rings. The molecule has 1 aromatic rings. The number of ether oxygens (including phenoxy) is 2. The smallest absolute Gasteiger partial charge is 0.191 e. The summed E-state index contributed by atoms with van der Waals surface area (Å²) in [5.74, 6) is 2.31. The van der Waals surface area contributed by atoms with Gasteiger partial charge in [-0.1, -0.05) is 13.0 Å². The number of guanidine groups is 1. The second kappa shape index (κ2) is 13.8. The van der Waals surface area contributed by atoms with Crippen molar-refractivity contribution >= 4 is 29.9 Å². The molecule has 0 unspecified atom stereocenters. The Morgan fingerprint density at radius 2 is 1.68 bits per heavy atom. The summed E-state index contributed by atoms with van der Waals surface area (Å²) in [6.07, 6.45) is 0. The van der Waals surface area contributed by atoms with Gasteiger partial charge < -0.3 is 25.0 Å². The Balaban J connectivity index is 0.00000392. The molecule has 0 atom stereocenters. The molecule has 160 valence electrons. The maximum absolute atomic E-state index is 5.37. The molecule has 2 N–H and O–H groups in total. The van der Waals surface area contributed by atoms with E-state index in [1.54, 1.807) is 14.2 Å². The molecule has 0 aromatic heterocycles. The van der Waals surface area contributed by atoms with Crippen LogP contribution in [0.1, 0.15) is 19.4 Å². The Labute approximate surface area is 186 Å². The van der Waals surface area contributed by atoms with Gasteiger partial charge in [-0.25, -0.2) is 4.99 Å². The van der Waals surface area contributed by atoms with Crippen molar-refractivity contribution in [2.75, 3.05) is 66.6 Å². The summed E-state index contributed by atoms with van der Waals surface area (Å²) in [5.41, 5.74) is 1.08. The first-order valence-corrected chi connectivity index (χ1v) is 9.87. The zero-order valence-corrected chi connectivity index (χ0v) is 20.0. The van der Waals surface area contributed by atoms with Crippen molar-refractivity contribution in [1.82, 2.24) is 20.4 Å². The van der Waals surface area contributed by atoms with E-state index < -0.39 is 0 Å². The highest BCUT2D eigenvalue weighted by Gasteiger charge is 2.14. The molecule has 1 fully saturated rings. The van der Waals surface area contributed by atoms with E-state index in [1.165, 1.54) is 13.1 Å². The fourth-order valence-electron chi connectivity index (χ4n) is 3.15. The third kappa shape index (κ3) is 8.00. The van der Waals surface area contributed by atoms with Crippen LogP contribution in [-0.2, 0) is 6.54 Å². The van der Waals surface area contributed by atoms with Crippen molar-refractivity contribution in [3.05, 3.63) is 23.8 Å². The normalized spacial score (nSPS) is 15.6. The van der Waals surface area contributed by atoms with Crippen LogP contribution >= 0.6 is 24.0 Å². The average Bonchev–Trinajstić information content (AvgIpc) is 2.72. The van der Waals surface area contributed by atoms with E-state index in [9.17, 15) is 0 Å². The molecular weight excluding hydrogens is 469 g/mol. The van der Waals surface area contributed by atoms with Crippen molar-refractivity contribution in [1.29, 1.82) is 0 Å². The van der Waals surface area contributed by atoms with Gasteiger partial charge >= 0.3 is 0 Å². The number of rotatable bonds is 9. The quantitative estimate of drug-likeness (QED) is 0.304. The minimum Gasteiger partial charge on any atom is -0.493 e. The second-order valence-electron chi connectivity index (χ2n) is 6.59. The van der Waals surface area contributed by atoms with E-state index >= 15 is 0 Å². The lowest BCUT2D eigenvalue weighted by atomic mass is 10.2. The summed E-state index contributed by atoms with van der Waals surface area (Å²) >= 11 is 0. The monoisotopic (exact) mass is 505 g/mol. The second-order valence-corrected chi connectivity index (χ2v) is 6.59. The van der Waals surface area contributed by atoms with Gasteiger partial charge in [0.1, 0.15) is 0 Å². The summed E-state index contributed by atoms with van der Waals surface area (Å²) in [7, 11) is 3.29. The Morgan fingerprint density at radius 1 is 1.00 bits per heavy atom. The van der Waals surface area contributed by atoms with Crippen LogP contribution in [0.25, 0.3) is 0 Å². The number of halogens is 1. The highest BCUT2D eigenvalue weighted by molar-refractivity contribution is 14.0. The first kappa shape index (κ1) is 24.8. The third-order valence-electron chi connectivity index (χ3n) is 4.84. The minimum atomic E-state index is 0. The molecule has 0 bridgehead atoms. The van der Waals surface area contributed by atoms with Crippen LogP contribution in [0.2, 0.25) is 0 Å². The number of benzene rings is 1. The van der Waals surface area contributed by atoms with Crippen LogP contribution in [-0.4, -0.2) is 82.3 Å². The lowest BCUT2D eigenvalue weighted by Crippen LogP contribution is -2.49. The van der Waals surface area contributed by atoms with Gasteiger partial charge in [-0.05, 0) is 31.2 Å². The van der Waals surface area contributed by atoms with Crippen molar-refractivity contribution in [2.24, 2.45) is 4.99 Å². The highest BCUT2D eigenvalue weighted by Crippen LogP contribution is 2.27. The molecule has 0 aliphatic carbocycles. The van der Waals surface area contributed by atoms with Gasteiger partial charge in [-0.2, -0.15) is 0 Å². The summed E-state index contributed by atoms with van der Waals surface area (Å²) in [6.45, 7) is 13.5. The predicted molar refractivity (Wildman–Crippen MR) is 126 cm³/mol. The first-order chi connectivity index (χ1) is 13.2. The molecule has 1 aromatic carbocycles. The minimum absolute atomic E-state index is 0. The fourth-order valence-corrected chi connectivity index (χ4v) is 3.15. The first-order valence-electron chi connectivity index (χ1n) is 9.87. The lowest BCUT2D eigenvalue weighted by molar-refractivity contribution is 0.139. The molecule has 8 heteroatoms. The summed E-state index contributed by atoms with van der Waals surface area (Å²) in [6, 6.07) is 5.90. The van der Waals surface area contributed by atoms with Gasteiger partial charge in [0, 0.05) is 45.8 Å². The van der Waals surface area contributed by atoms with Crippen molar-refractivity contribution in [3.63, 3.8) is 0 Å². The van der Waals surface area contributed by atoms with Gasteiger partial charge in [0.2, 0.25) is 0 Å². The molecule has 2 rings (SSSR count). The number of hydrogen-bond acceptors (Lipinski definition) is 5. The Morgan fingerprint density at radius 3 is 2.29 bits per heavy atom. The zero-order valence-electron chi connectivity index (χ0n) is 17.7. The number of hydrogen-bond donors (Lipinski definition) is 2. The topological polar surface area (TPSA) is 61.4 Å². The van der Waals surface area contributed by atoms with E-state index in [0.29, 0.717) is 6.54 Å². The van der Waals surface area contributed by atoms with Crippen LogP contribution in [0.3, 0.4) is 0 Å². The number of likely N-dealkylation sites (N-methyl/N-ethyl adjacent to an activating group) is 1. The number of methoxy groups -OCH3 is 2.